The smallest absolute Gasteiger partial charge is 0.202 e. The summed E-state index contributed by atoms with van der Waals surface area (Å²) < 4.78 is 17.3. The van der Waals surface area contributed by atoms with Crippen molar-refractivity contribution in [3.05, 3.63) is 42.2 Å². The van der Waals surface area contributed by atoms with E-state index in [9.17, 15) is 4.39 Å². The van der Waals surface area contributed by atoms with Gasteiger partial charge >= 0.3 is 0 Å². The lowest BCUT2D eigenvalue weighted by molar-refractivity contribution is 0.305. The quantitative estimate of drug-likeness (QED) is 0.320. The minimum Gasteiger partial charge on any atom is -0.300 e. The van der Waals surface area contributed by atoms with Crippen LogP contribution in [0.5, 0.6) is 0 Å². The molecule has 150 valence electrons. The Kier molecular flexibility index (Phi) is 5.81. The van der Waals surface area contributed by atoms with Crippen molar-refractivity contribution >= 4 is 45.2 Å². The van der Waals surface area contributed by atoms with Crippen LogP contribution in [0.3, 0.4) is 0 Å². The lowest BCUT2D eigenvalue weighted by Crippen LogP contribution is -2.20. The maximum atomic E-state index is 13.5. The summed E-state index contributed by atoms with van der Waals surface area (Å²) in [6.07, 6.45) is 3.49. The molecule has 1 unspecified atom stereocenters. The largest absolute Gasteiger partial charge is 0.300 e. The molecule has 0 fully saturated rings. The molecule has 0 bridgehead atoms. The van der Waals surface area contributed by atoms with Crippen molar-refractivity contribution in [1.29, 1.82) is 0 Å². The maximum absolute atomic E-state index is 13.5. The van der Waals surface area contributed by atoms with E-state index in [4.69, 9.17) is 0 Å². The number of benzene rings is 1. The van der Waals surface area contributed by atoms with E-state index in [2.05, 4.69) is 37.0 Å². The Morgan fingerprint density at radius 2 is 1.90 bits per heavy atom. The summed E-state index contributed by atoms with van der Waals surface area (Å²) in [7, 11) is 3.97. The molecule has 0 spiro atoms. The van der Waals surface area contributed by atoms with Gasteiger partial charge in [-0.25, -0.2) is 19.3 Å². The zero-order valence-electron chi connectivity index (χ0n) is 16.2. The number of thiazole rings is 1. The number of rotatable bonds is 6. The molecule has 4 rings (SSSR count). The zero-order chi connectivity index (χ0) is 20.5. The molecular weight excluding hydrogens is 429 g/mol. The monoisotopic (exact) mass is 447 g/mol. The van der Waals surface area contributed by atoms with E-state index in [-0.39, 0.29) is 11.9 Å². The van der Waals surface area contributed by atoms with Crippen molar-refractivity contribution < 1.29 is 4.39 Å². The molecule has 0 aliphatic carbocycles. The molecule has 0 N–H and O–H groups in total. The van der Waals surface area contributed by atoms with Crippen LogP contribution in [0, 0.1) is 5.82 Å². The van der Waals surface area contributed by atoms with Gasteiger partial charge in [-0.2, -0.15) is 0 Å². The number of hydrogen-bond acceptors (Lipinski definition) is 9. The highest BCUT2D eigenvalue weighted by Crippen LogP contribution is 2.37. The standard InChI is InChI=1S/C18H18FN7S3/c1-10(25(2)3)15-23-24-17(26(15)12-7-5-11(19)6-8-12)29-16-13-14(20-9-21-16)22-18(27-4)28-13/h5-10H,1-4H3. The van der Waals surface area contributed by atoms with E-state index in [1.807, 2.05) is 24.9 Å². The Hall–Kier alpha value is -2.08. The zero-order valence-corrected chi connectivity index (χ0v) is 18.6. The minimum atomic E-state index is -0.287. The normalized spacial score (nSPS) is 12.8. The van der Waals surface area contributed by atoms with E-state index in [0.29, 0.717) is 10.8 Å². The highest BCUT2D eigenvalue weighted by molar-refractivity contribution is 8.00. The van der Waals surface area contributed by atoms with Crippen LogP contribution in [0.25, 0.3) is 16.0 Å². The average Bonchev–Trinajstić information content (AvgIpc) is 3.32. The predicted molar refractivity (Wildman–Crippen MR) is 115 cm³/mol. The predicted octanol–water partition coefficient (Wildman–Crippen LogP) is 4.30. The molecule has 0 radical (unpaired) electrons. The van der Waals surface area contributed by atoms with Crippen LogP contribution < -0.4 is 0 Å². The number of thioether (sulfide) groups is 1. The van der Waals surface area contributed by atoms with Gasteiger partial charge in [0.25, 0.3) is 0 Å². The lowest BCUT2D eigenvalue weighted by Gasteiger charge is -2.20. The molecule has 0 aliphatic heterocycles. The first-order valence-corrected chi connectivity index (χ1v) is 11.5. The van der Waals surface area contributed by atoms with Gasteiger partial charge in [-0.15, -0.1) is 21.5 Å². The van der Waals surface area contributed by atoms with Gasteiger partial charge in [0, 0.05) is 5.69 Å². The number of hydrogen-bond donors (Lipinski definition) is 0. The van der Waals surface area contributed by atoms with E-state index >= 15 is 0 Å². The van der Waals surface area contributed by atoms with Gasteiger partial charge in [0.1, 0.15) is 21.9 Å². The molecule has 1 atom stereocenters. The van der Waals surface area contributed by atoms with Crippen molar-refractivity contribution in [2.24, 2.45) is 0 Å². The Morgan fingerprint density at radius 1 is 1.14 bits per heavy atom. The summed E-state index contributed by atoms with van der Waals surface area (Å²) in [6.45, 7) is 2.05. The lowest BCUT2D eigenvalue weighted by atomic mass is 10.2. The van der Waals surface area contributed by atoms with Gasteiger partial charge in [0.05, 0.1) is 6.04 Å². The molecule has 29 heavy (non-hydrogen) atoms. The molecule has 0 saturated carbocycles. The summed E-state index contributed by atoms with van der Waals surface area (Å²) in [6, 6.07) is 6.33. The topological polar surface area (TPSA) is 72.6 Å². The third kappa shape index (κ3) is 4.00. The minimum absolute atomic E-state index is 0.0128. The molecule has 0 aliphatic rings. The molecule has 0 amide bonds. The third-order valence-corrected chi connectivity index (χ3v) is 7.51. The summed E-state index contributed by atoms with van der Waals surface area (Å²) in [5.74, 6) is 0.480. The average molecular weight is 448 g/mol. The Balaban J connectivity index is 1.82. The number of fused-ring (bicyclic) bond motifs is 1. The molecule has 4 aromatic rings. The van der Waals surface area contributed by atoms with E-state index in [1.54, 1.807) is 35.2 Å². The Labute approximate surface area is 179 Å². The van der Waals surface area contributed by atoms with Gasteiger partial charge in [-0.3, -0.25) is 9.47 Å². The van der Waals surface area contributed by atoms with Crippen molar-refractivity contribution in [2.45, 2.75) is 27.5 Å². The molecule has 0 saturated heterocycles. The fourth-order valence-electron chi connectivity index (χ4n) is 2.64. The maximum Gasteiger partial charge on any atom is 0.202 e. The van der Waals surface area contributed by atoms with Gasteiger partial charge in [-0.1, -0.05) is 11.8 Å². The van der Waals surface area contributed by atoms with E-state index in [0.717, 1.165) is 25.6 Å². The van der Waals surface area contributed by atoms with Gasteiger partial charge < -0.3 is 0 Å². The highest BCUT2D eigenvalue weighted by atomic mass is 32.2. The number of nitrogens with zero attached hydrogens (tertiary/aromatic N) is 7. The van der Waals surface area contributed by atoms with E-state index < -0.39 is 0 Å². The molecule has 3 aromatic heterocycles. The third-order valence-electron chi connectivity index (χ3n) is 4.39. The molecule has 3 heterocycles. The second-order valence-electron chi connectivity index (χ2n) is 6.41. The molecular formula is C18H18FN7S3. The summed E-state index contributed by atoms with van der Waals surface area (Å²) in [4.78, 5) is 15.3. The summed E-state index contributed by atoms with van der Waals surface area (Å²) >= 11 is 4.54. The first kappa shape index (κ1) is 20.2. The van der Waals surface area contributed by atoms with Crippen molar-refractivity contribution in [3.8, 4) is 5.69 Å². The second-order valence-corrected chi connectivity index (χ2v) is 9.42. The van der Waals surface area contributed by atoms with Gasteiger partial charge in [0.15, 0.2) is 15.8 Å². The van der Waals surface area contributed by atoms with Crippen LogP contribution >= 0.6 is 34.9 Å². The second kappa shape index (κ2) is 8.34. The SMILES string of the molecule is CSc1nc2ncnc(Sc3nnc(C(C)N(C)C)n3-c3ccc(F)cc3)c2s1. The van der Waals surface area contributed by atoms with Crippen LogP contribution in [0.1, 0.15) is 18.8 Å². The molecule has 11 heteroatoms. The Morgan fingerprint density at radius 3 is 2.59 bits per heavy atom. The van der Waals surface area contributed by atoms with Crippen molar-refractivity contribution in [2.75, 3.05) is 20.4 Å². The molecule has 1 aromatic carbocycles. The van der Waals surface area contributed by atoms with Crippen LogP contribution in [0.15, 0.2) is 45.1 Å². The number of halogens is 1. The summed E-state index contributed by atoms with van der Waals surface area (Å²) in [5, 5.41) is 10.3. The van der Waals surface area contributed by atoms with E-state index in [1.165, 1.54) is 30.2 Å². The molecule has 7 nitrogen and oxygen atoms in total. The number of aromatic nitrogens is 6. The van der Waals surface area contributed by atoms with Crippen LogP contribution in [0.2, 0.25) is 0 Å². The van der Waals surface area contributed by atoms with Crippen LogP contribution in [0.4, 0.5) is 4.39 Å². The fourth-order valence-corrected chi connectivity index (χ4v) is 5.12. The summed E-state index contributed by atoms with van der Waals surface area (Å²) in [5.41, 5.74) is 1.47. The Bertz CT molecular complexity index is 1140. The van der Waals surface area contributed by atoms with Crippen LogP contribution in [-0.2, 0) is 0 Å². The first-order chi connectivity index (χ1) is 14.0. The van der Waals surface area contributed by atoms with Crippen LogP contribution in [-0.4, -0.2) is 55.0 Å². The fraction of sp³-hybridized carbons (Fsp3) is 0.278. The highest BCUT2D eigenvalue weighted by Gasteiger charge is 2.23. The van der Waals surface area contributed by atoms with Gasteiger partial charge in [0.2, 0.25) is 5.16 Å². The van der Waals surface area contributed by atoms with Crippen molar-refractivity contribution in [1.82, 2.24) is 34.6 Å². The van der Waals surface area contributed by atoms with Gasteiger partial charge in [-0.05, 0) is 63.3 Å². The first-order valence-electron chi connectivity index (χ1n) is 8.69. The van der Waals surface area contributed by atoms with Crippen molar-refractivity contribution in [3.63, 3.8) is 0 Å².